The molecule has 3 aliphatic rings. The minimum absolute atomic E-state index is 0.0711. The Morgan fingerprint density at radius 1 is 1.07 bits per heavy atom. The van der Waals surface area contributed by atoms with Crippen LogP contribution in [0.4, 0.5) is 0 Å². The van der Waals surface area contributed by atoms with Crippen LogP contribution in [0.15, 0.2) is 0 Å². The molecule has 0 amide bonds. The van der Waals surface area contributed by atoms with Crippen molar-refractivity contribution in [2.24, 2.45) is 40.4 Å². The molecule has 6 atom stereocenters. The molecule has 3 rings (SSSR count). The van der Waals surface area contributed by atoms with Crippen LogP contribution >= 0.6 is 0 Å². The molecular weight excluding hydrogens is 352 g/mol. The van der Waals surface area contributed by atoms with E-state index in [0.717, 1.165) is 38.5 Å². The van der Waals surface area contributed by atoms with Gasteiger partial charge in [-0.25, -0.2) is 0 Å². The highest BCUT2D eigenvalue weighted by atomic mass is 16.4. The summed E-state index contributed by atoms with van der Waals surface area (Å²) in [5, 5.41) is 9.29. The van der Waals surface area contributed by atoms with Gasteiger partial charge in [0.25, 0.3) is 0 Å². The molecule has 3 fully saturated rings. The molecule has 28 heavy (non-hydrogen) atoms. The Bertz CT molecular complexity index is 629. The predicted molar refractivity (Wildman–Crippen MR) is 109 cm³/mol. The van der Waals surface area contributed by atoms with Gasteiger partial charge in [0.15, 0.2) is 0 Å². The standard InChI is InChI=1S/C24H38O4/c1-5-20(26)22-18(23(3)11-8-16(25)9-12-23)10-13-24(4)17(6-7-19(22)24)15(2)14-21(27)28/h15,17-19,22H,5-14H2,1-4H3,(H,27,28)/t15-,17-,18+,19+,22-,24-/m1/s1. The molecule has 0 radical (unpaired) electrons. The van der Waals surface area contributed by atoms with Gasteiger partial charge < -0.3 is 5.11 Å². The predicted octanol–water partition coefficient (Wildman–Crippen LogP) is 5.28. The molecule has 1 N–H and O–H groups in total. The minimum Gasteiger partial charge on any atom is -0.481 e. The average molecular weight is 391 g/mol. The maximum atomic E-state index is 13.2. The molecule has 0 heterocycles. The van der Waals surface area contributed by atoms with E-state index in [2.05, 4.69) is 20.8 Å². The Kier molecular flexibility index (Phi) is 6.08. The highest BCUT2D eigenvalue weighted by Crippen LogP contribution is 2.64. The van der Waals surface area contributed by atoms with Crippen LogP contribution in [0.3, 0.4) is 0 Å². The van der Waals surface area contributed by atoms with Gasteiger partial charge in [-0.3, -0.25) is 14.4 Å². The Labute approximate surface area is 169 Å². The first-order valence-electron chi connectivity index (χ1n) is 11.4. The summed E-state index contributed by atoms with van der Waals surface area (Å²) in [6.07, 6.45) is 8.22. The highest BCUT2D eigenvalue weighted by molar-refractivity contribution is 5.82. The van der Waals surface area contributed by atoms with Gasteiger partial charge in [0, 0.05) is 31.6 Å². The first-order chi connectivity index (χ1) is 13.1. The van der Waals surface area contributed by atoms with E-state index in [1.807, 2.05) is 6.92 Å². The SMILES string of the molecule is CCC(=O)[C@@H]1[C@@H](C2(C)CCC(=O)CC2)CC[C@]2(C)[C@@H]([C@H](C)CC(=O)O)CC[C@@H]12. The fraction of sp³-hybridized carbons (Fsp3) is 0.875. The number of carboxylic acids is 1. The van der Waals surface area contributed by atoms with Crippen molar-refractivity contribution in [3.05, 3.63) is 0 Å². The van der Waals surface area contributed by atoms with Gasteiger partial charge in [0.2, 0.25) is 0 Å². The van der Waals surface area contributed by atoms with Crippen molar-refractivity contribution in [3.8, 4) is 0 Å². The number of carbonyl (C=O) groups excluding carboxylic acids is 2. The molecule has 3 aliphatic carbocycles. The van der Waals surface area contributed by atoms with Crippen LogP contribution in [-0.2, 0) is 14.4 Å². The number of aliphatic carboxylic acids is 1. The summed E-state index contributed by atoms with van der Waals surface area (Å²) in [5.41, 5.74) is 0.164. The third-order valence-electron chi connectivity index (χ3n) is 9.09. The molecule has 3 saturated carbocycles. The number of Topliss-reactive ketones (excluding diaryl/α,β-unsaturated/α-hetero) is 2. The monoisotopic (exact) mass is 390 g/mol. The Hall–Kier alpha value is -1.19. The fourth-order valence-corrected chi connectivity index (χ4v) is 7.47. The van der Waals surface area contributed by atoms with Crippen LogP contribution in [0, 0.1) is 40.4 Å². The summed E-state index contributed by atoms with van der Waals surface area (Å²) in [6.45, 7) is 8.73. The number of carbonyl (C=O) groups is 3. The lowest BCUT2D eigenvalue weighted by molar-refractivity contribution is -0.143. The maximum absolute atomic E-state index is 13.2. The normalized spacial score (nSPS) is 38.6. The zero-order valence-electron chi connectivity index (χ0n) is 18.1. The third-order valence-corrected chi connectivity index (χ3v) is 9.09. The van der Waals surface area contributed by atoms with E-state index in [9.17, 15) is 19.5 Å². The number of hydrogen-bond acceptors (Lipinski definition) is 3. The first kappa shape index (κ1) is 21.5. The van der Waals surface area contributed by atoms with Crippen LogP contribution in [0.25, 0.3) is 0 Å². The summed E-state index contributed by atoms with van der Waals surface area (Å²) in [6, 6.07) is 0. The van der Waals surface area contributed by atoms with Crippen molar-refractivity contribution in [3.63, 3.8) is 0 Å². The smallest absolute Gasteiger partial charge is 0.303 e. The van der Waals surface area contributed by atoms with E-state index >= 15 is 0 Å². The lowest BCUT2D eigenvalue weighted by Crippen LogP contribution is -2.50. The number of ketones is 2. The summed E-state index contributed by atoms with van der Waals surface area (Å²) in [5.74, 6) is 1.43. The van der Waals surface area contributed by atoms with Gasteiger partial charge in [-0.1, -0.05) is 27.7 Å². The quantitative estimate of drug-likeness (QED) is 0.669. The third kappa shape index (κ3) is 3.68. The van der Waals surface area contributed by atoms with Crippen LogP contribution < -0.4 is 0 Å². The van der Waals surface area contributed by atoms with Crippen LogP contribution in [0.1, 0.15) is 91.9 Å². The molecule has 158 valence electrons. The van der Waals surface area contributed by atoms with Crippen molar-refractivity contribution in [2.75, 3.05) is 0 Å². The minimum atomic E-state index is -0.714. The van der Waals surface area contributed by atoms with Gasteiger partial charge in [-0.15, -0.1) is 0 Å². The number of hydrogen-bond donors (Lipinski definition) is 1. The molecule has 0 unspecified atom stereocenters. The summed E-state index contributed by atoms with van der Waals surface area (Å²) >= 11 is 0. The van der Waals surface area contributed by atoms with E-state index in [0.29, 0.717) is 48.6 Å². The number of rotatable bonds is 6. The van der Waals surface area contributed by atoms with E-state index in [-0.39, 0.29) is 29.1 Å². The van der Waals surface area contributed by atoms with Crippen LogP contribution in [0.2, 0.25) is 0 Å². The Morgan fingerprint density at radius 3 is 2.29 bits per heavy atom. The van der Waals surface area contributed by atoms with E-state index in [1.54, 1.807) is 0 Å². The van der Waals surface area contributed by atoms with E-state index in [4.69, 9.17) is 0 Å². The molecule has 0 aliphatic heterocycles. The lowest BCUT2D eigenvalue weighted by Gasteiger charge is -2.54. The maximum Gasteiger partial charge on any atom is 0.303 e. The second kappa shape index (κ2) is 7.91. The van der Waals surface area contributed by atoms with Gasteiger partial charge in [-0.2, -0.15) is 0 Å². The molecule has 0 saturated heterocycles. The zero-order valence-corrected chi connectivity index (χ0v) is 18.1. The molecule has 0 aromatic carbocycles. The lowest BCUT2D eigenvalue weighted by atomic mass is 9.49. The first-order valence-corrected chi connectivity index (χ1v) is 11.4. The van der Waals surface area contributed by atoms with Gasteiger partial charge in [0.1, 0.15) is 11.6 Å². The van der Waals surface area contributed by atoms with Crippen molar-refractivity contribution >= 4 is 17.5 Å². The van der Waals surface area contributed by atoms with Crippen molar-refractivity contribution in [2.45, 2.75) is 91.9 Å². The summed E-state index contributed by atoms with van der Waals surface area (Å²) in [4.78, 5) is 36.3. The topological polar surface area (TPSA) is 71.4 Å². The number of carboxylic acid groups (broad SMARTS) is 1. The van der Waals surface area contributed by atoms with E-state index < -0.39 is 5.97 Å². The molecule has 0 aromatic heterocycles. The molecule has 4 heteroatoms. The number of fused-ring (bicyclic) bond motifs is 1. The van der Waals surface area contributed by atoms with Gasteiger partial charge in [0.05, 0.1) is 0 Å². The molecular formula is C24H38O4. The average Bonchev–Trinajstić information content (AvgIpc) is 2.99. The zero-order chi connectivity index (χ0) is 20.7. The van der Waals surface area contributed by atoms with Crippen molar-refractivity contribution < 1.29 is 19.5 Å². The largest absolute Gasteiger partial charge is 0.481 e. The summed E-state index contributed by atoms with van der Waals surface area (Å²) in [7, 11) is 0. The molecule has 0 bridgehead atoms. The Balaban J connectivity index is 1.88. The van der Waals surface area contributed by atoms with Gasteiger partial charge >= 0.3 is 5.97 Å². The second-order valence-corrected chi connectivity index (χ2v) is 10.6. The summed E-state index contributed by atoms with van der Waals surface area (Å²) < 4.78 is 0. The molecule has 0 spiro atoms. The van der Waals surface area contributed by atoms with Crippen molar-refractivity contribution in [1.82, 2.24) is 0 Å². The van der Waals surface area contributed by atoms with Crippen LogP contribution in [-0.4, -0.2) is 22.6 Å². The molecule has 4 nitrogen and oxygen atoms in total. The van der Waals surface area contributed by atoms with Crippen molar-refractivity contribution in [1.29, 1.82) is 0 Å². The second-order valence-electron chi connectivity index (χ2n) is 10.6. The van der Waals surface area contributed by atoms with E-state index in [1.165, 1.54) is 0 Å². The van der Waals surface area contributed by atoms with Crippen LogP contribution in [0.5, 0.6) is 0 Å². The molecule has 0 aromatic rings. The fourth-order valence-electron chi connectivity index (χ4n) is 7.47. The highest BCUT2D eigenvalue weighted by Gasteiger charge is 2.59. The van der Waals surface area contributed by atoms with Gasteiger partial charge in [-0.05, 0) is 73.0 Å². The Morgan fingerprint density at radius 2 is 1.71 bits per heavy atom.